The molecular formula is C18H26N2O5. The van der Waals surface area contributed by atoms with Gasteiger partial charge < -0.3 is 24.4 Å². The number of carboxylic acids is 1. The van der Waals surface area contributed by atoms with E-state index in [-0.39, 0.29) is 18.6 Å². The fourth-order valence-electron chi connectivity index (χ4n) is 2.58. The molecule has 0 aromatic heterocycles. The summed E-state index contributed by atoms with van der Waals surface area (Å²) in [6.45, 7) is 1.93. The van der Waals surface area contributed by atoms with Gasteiger partial charge in [-0.05, 0) is 51.2 Å². The lowest BCUT2D eigenvalue weighted by molar-refractivity contribution is -0.137. The van der Waals surface area contributed by atoms with Gasteiger partial charge in [-0.2, -0.15) is 0 Å². The fraction of sp³-hybridized carbons (Fsp3) is 0.556. The van der Waals surface area contributed by atoms with Crippen LogP contribution in [0.15, 0.2) is 24.3 Å². The molecule has 25 heavy (non-hydrogen) atoms. The number of carboxylic acid groups (broad SMARTS) is 1. The molecule has 7 heteroatoms. The molecule has 2 rings (SSSR count). The summed E-state index contributed by atoms with van der Waals surface area (Å²) in [5, 5.41) is 9.02. The van der Waals surface area contributed by atoms with Gasteiger partial charge in [0.05, 0.1) is 6.10 Å². The lowest BCUT2D eigenvalue weighted by Gasteiger charge is -2.22. The zero-order chi connectivity index (χ0) is 18.2. The molecule has 1 atom stereocenters. The summed E-state index contributed by atoms with van der Waals surface area (Å²) in [5.74, 6) is -0.649. The molecule has 1 fully saturated rings. The molecule has 7 nitrogen and oxygen atoms in total. The van der Waals surface area contributed by atoms with E-state index in [1.165, 1.54) is 4.90 Å². The van der Waals surface area contributed by atoms with Crippen molar-refractivity contribution in [1.82, 2.24) is 9.80 Å². The van der Waals surface area contributed by atoms with Crippen LogP contribution in [0.25, 0.3) is 0 Å². The molecule has 1 aliphatic heterocycles. The number of hydrogen-bond acceptors (Lipinski definition) is 5. The Morgan fingerprint density at radius 2 is 1.96 bits per heavy atom. The fourth-order valence-corrected chi connectivity index (χ4v) is 2.58. The lowest BCUT2D eigenvalue weighted by Crippen LogP contribution is -2.40. The topological polar surface area (TPSA) is 79.3 Å². The monoisotopic (exact) mass is 350 g/mol. The molecule has 1 aromatic carbocycles. The number of ether oxygens (including phenoxy) is 2. The quantitative estimate of drug-likeness (QED) is 0.724. The van der Waals surface area contributed by atoms with Gasteiger partial charge in [0.1, 0.15) is 18.9 Å². The van der Waals surface area contributed by atoms with Crippen molar-refractivity contribution in [3.63, 3.8) is 0 Å². The van der Waals surface area contributed by atoms with E-state index in [4.69, 9.17) is 14.6 Å². The van der Waals surface area contributed by atoms with E-state index >= 15 is 0 Å². The molecule has 138 valence electrons. The summed E-state index contributed by atoms with van der Waals surface area (Å²) in [4.78, 5) is 26.8. The van der Waals surface area contributed by atoms with Gasteiger partial charge in [-0.3, -0.25) is 9.59 Å². The van der Waals surface area contributed by atoms with Crippen LogP contribution < -0.4 is 4.74 Å². The first kappa shape index (κ1) is 19.2. The van der Waals surface area contributed by atoms with Gasteiger partial charge in [-0.1, -0.05) is 0 Å². The second kappa shape index (κ2) is 9.39. The number of amides is 1. The highest BCUT2D eigenvalue weighted by Crippen LogP contribution is 2.17. The summed E-state index contributed by atoms with van der Waals surface area (Å²) >= 11 is 0. The van der Waals surface area contributed by atoms with E-state index in [0.717, 1.165) is 19.4 Å². The van der Waals surface area contributed by atoms with Gasteiger partial charge in [0.25, 0.3) is 5.91 Å². The molecule has 1 heterocycles. The Balaban J connectivity index is 1.94. The van der Waals surface area contributed by atoms with Crippen molar-refractivity contribution in [3.8, 4) is 5.75 Å². The number of carbonyl (C=O) groups excluding carboxylic acids is 1. The second-order valence-electron chi connectivity index (χ2n) is 6.39. The normalized spacial score (nSPS) is 16.8. The highest BCUT2D eigenvalue weighted by Gasteiger charge is 2.19. The highest BCUT2D eigenvalue weighted by molar-refractivity contribution is 5.95. The Morgan fingerprint density at radius 1 is 1.24 bits per heavy atom. The summed E-state index contributed by atoms with van der Waals surface area (Å²) in [7, 11) is 3.76. The van der Waals surface area contributed by atoms with Crippen molar-refractivity contribution in [1.29, 1.82) is 0 Å². The van der Waals surface area contributed by atoms with Crippen LogP contribution in [0, 0.1) is 0 Å². The van der Waals surface area contributed by atoms with Crippen molar-refractivity contribution in [2.75, 3.05) is 46.9 Å². The summed E-state index contributed by atoms with van der Waals surface area (Å²) in [5.41, 5.74) is 0.449. The number of likely N-dealkylation sites (N-methyl/N-ethyl adjacent to an activating group) is 1. The maximum atomic E-state index is 12.6. The van der Waals surface area contributed by atoms with Crippen LogP contribution in [-0.4, -0.2) is 79.8 Å². The Labute approximate surface area is 148 Å². The van der Waals surface area contributed by atoms with Crippen molar-refractivity contribution >= 4 is 11.9 Å². The van der Waals surface area contributed by atoms with Crippen LogP contribution in [0.1, 0.15) is 23.2 Å². The summed E-state index contributed by atoms with van der Waals surface area (Å²) in [6, 6.07) is 6.79. The van der Waals surface area contributed by atoms with Gasteiger partial charge in [0.2, 0.25) is 0 Å². The molecule has 0 saturated carbocycles. The number of hydrogen-bond donors (Lipinski definition) is 1. The molecule has 0 spiro atoms. The second-order valence-corrected chi connectivity index (χ2v) is 6.39. The van der Waals surface area contributed by atoms with Crippen LogP contribution in [0.2, 0.25) is 0 Å². The van der Waals surface area contributed by atoms with E-state index in [9.17, 15) is 9.59 Å². The molecule has 1 amide bonds. The molecule has 0 bridgehead atoms. The van der Waals surface area contributed by atoms with Gasteiger partial charge in [0.15, 0.2) is 0 Å². The van der Waals surface area contributed by atoms with Crippen molar-refractivity contribution < 1.29 is 24.2 Å². The maximum absolute atomic E-state index is 12.6. The van der Waals surface area contributed by atoms with Crippen LogP contribution in [0.4, 0.5) is 0 Å². The first-order chi connectivity index (χ1) is 12.0. The minimum absolute atomic E-state index is 0.137. The number of rotatable bonds is 9. The van der Waals surface area contributed by atoms with Crippen LogP contribution in [0.3, 0.4) is 0 Å². The molecule has 1 saturated heterocycles. The third kappa shape index (κ3) is 6.36. The van der Waals surface area contributed by atoms with Gasteiger partial charge in [-0.25, -0.2) is 0 Å². The third-order valence-electron chi connectivity index (χ3n) is 3.99. The number of benzene rings is 1. The minimum atomic E-state index is -1.02. The molecule has 1 aromatic rings. The van der Waals surface area contributed by atoms with Crippen LogP contribution in [-0.2, 0) is 9.53 Å². The van der Waals surface area contributed by atoms with E-state index in [1.54, 1.807) is 24.3 Å². The molecule has 1 aliphatic rings. The summed E-state index contributed by atoms with van der Waals surface area (Å²) in [6.07, 6.45) is 2.21. The van der Waals surface area contributed by atoms with E-state index in [0.29, 0.717) is 31.0 Å². The molecule has 1 unspecified atom stereocenters. The van der Waals surface area contributed by atoms with Crippen molar-refractivity contribution in [2.24, 2.45) is 0 Å². The predicted octanol–water partition coefficient (Wildman–Crippen LogP) is 1.33. The van der Waals surface area contributed by atoms with Crippen molar-refractivity contribution in [3.05, 3.63) is 29.8 Å². The Kier molecular flexibility index (Phi) is 7.21. The van der Waals surface area contributed by atoms with Crippen LogP contribution in [0.5, 0.6) is 5.75 Å². The van der Waals surface area contributed by atoms with Crippen LogP contribution >= 0.6 is 0 Å². The van der Waals surface area contributed by atoms with Gasteiger partial charge in [-0.15, -0.1) is 0 Å². The zero-order valence-corrected chi connectivity index (χ0v) is 14.8. The average Bonchev–Trinajstić information content (AvgIpc) is 3.09. The minimum Gasteiger partial charge on any atom is -0.491 e. The molecule has 1 N–H and O–H groups in total. The van der Waals surface area contributed by atoms with Gasteiger partial charge >= 0.3 is 5.97 Å². The number of aliphatic carboxylic acids is 1. The molecular weight excluding hydrogens is 324 g/mol. The Hall–Kier alpha value is -2.12. The Bertz CT molecular complexity index is 567. The van der Waals surface area contributed by atoms with Crippen molar-refractivity contribution in [2.45, 2.75) is 18.9 Å². The maximum Gasteiger partial charge on any atom is 0.323 e. The average molecular weight is 350 g/mol. The number of carbonyl (C=O) groups is 2. The van der Waals surface area contributed by atoms with E-state index < -0.39 is 5.97 Å². The predicted molar refractivity (Wildman–Crippen MR) is 93.0 cm³/mol. The summed E-state index contributed by atoms with van der Waals surface area (Å²) < 4.78 is 11.2. The number of nitrogens with zero attached hydrogens (tertiary/aromatic N) is 2. The van der Waals surface area contributed by atoms with E-state index in [2.05, 4.69) is 0 Å². The third-order valence-corrected chi connectivity index (χ3v) is 3.99. The SMILES string of the molecule is CN(C)CCN(CC(=O)O)C(=O)c1ccc(OCC2CCCO2)cc1. The first-order valence-electron chi connectivity index (χ1n) is 8.46. The first-order valence-corrected chi connectivity index (χ1v) is 8.46. The highest BCUT2D eigenvalue weighted by atomic mass is 16.5. The zero-order valence-electron chi connectivity index (χ0n) is 14.8. The molecule has 0 radical (unpaired) electrons. The standard InChI is InChI=1S/C18H26N2O5/c1-19(2)9-10-20(12-17(21)22)18(23)14-5-7-15(8-6-14)25-13-16-4-3-11-24-16/h5-8,16H,3-4,9-13H2,1-2H3,(H,21,22). The Morgan fingerprint density at radius 3 is 2.52 bits per heavy atom. The lowest BCUT2D eigenvalue weighted by atomic mass is 10.2. The van der Waals surface area contributed by atoms with E-state index in [1.807, 2.05) is 19.0 Å². The largest absolute Gasteiger partial charge is 0.491 e. The van der Waals surface area contributed by atoms with Gasteiger partial charge in [0, 0.05) is 25.3 Å². The molecule has 0 aliphatic carbocycles. The smallest absolute Gasteiger partial charge is 0.323 e.